The largest absolute Gasteiger partial charge is 0.453 e. The summed E-state index contributed by atoms with van der Waals surface area (Å²) in [4.78, 5) is 59.4. The molecule has 3 aliphatic rings. The number of likely N-dealkylation sites (tertiary alicyclic amines) is 1. The molecule has 13 nitrogen and oxygen atoms in total. The molecule has 4 atom stereocenters. The first-order valence-corrected chi connectivity index (χ1v) is 19.5. The summed E-state index contributed by atoms with van der Waals surface area (Å²) in [7, 11) is 1.30. The molecule has 56 heavy (non-hydrogen) atoms. The fourth-order valence-corrected chi connectivity index (χ4v) is 8.20. The van der Waals surface area contributed by atoms with Gasteiger partial charge in [-0.1, -0.05) is 78.9 Å². The zero-order chi connectivity index (χ0) is 38.6. The van der Waals surface area contributed by atoms with E-state index in [4.69, 9.17) is 14.5 Å². The first-order valence-electron chi connectivity index (χ1n) is 19.5. The molecule has 2 fully saturated rings. The number of imidazole rings is 2. The van der Waals surface area contributed by atoms with E-state index >= 15 is 0 Å². The van der Waals surface area contributed by atoms with Crippen LogP contribution in [-0.4, -0.2) is 85.6 Å². The Balaban J connectivity index is 0.969. The van der Waals surface area contributed by atoms with Crippen molar-refractivity contribution in [3.05, 3.63) is 108 Å². The number of amides is 3. The van der Waals surface area contributed by atoms with Crippen molar-refractivity contribution >= 4 is 17.9 Å². The Morgan fingerprint density at radius 2 is 1.54 bits per heavy atom. The first kappa shape index (κ1) is 37.1. The van der Waals surface area contributed by atoms with Gasteiger partial charge >= 0.3 is 6.09 Å². The van der Waals surface area contributed by atoms with Gasteiger partial charge in [0.15, 0.2) is 6.10 Å². The summed E-state index contributed by atoms with van der Waals surface area (Å²) in [5, 5.41) is 13.5. The van der Waals surface area contributed by atoms with Crippen molar-refractivity contribution < 1.29 is 29.0 Å². The van der Waals surface area contributed by atoms with Gasteiger partial charge < -0.3 is 39.7 Å². The molecule has 13 heteroatoms. The van der Waals surface area contributed by atoms with E-state index in [-0.39, 0.29) is 23.9 Å². The van der Waals surface area contributed by atoms with Crippen molar-refractivity contribution in [1.29, 1.82) is 0 Å². The van der Waals surface area contributed by atoms with Crippen molar-refractivity contribution in [3.8, 4) is 33.6 Å². The summed E-state index contributed by atoms with van der Waals surface area (Å²) in [6.07, 6.45) is 5.22. The van der Waals surface area contributed by atoms with E-state index in [1.54, 1.807) is 23.2 Å². The zero-order valence-corrected chi connectivity index (χ0v) is 31.4. The van der Waals surface area contributed by atoms with E-state index in [2.05, 4.69) is 68.8 Å². The molecule has 5 aromatic rings. The number of carbonyl (C=O) groups excluding carboxylic acids is 3. The van der Waals surface area contributed by atoms with Crippen LogP contribution >= 0.6 is 0 Å². The van der Waals surface area contributed by atoms with Crippen molar-refractivity contribution in [3.63, 3.8) is 0 Å². The van der Waals surface area contributed by atoms with Crippen LogP contribution in [0.3, 0.4) is 0 Å². The number of alkyl carbamates (subject to hydrolysis) is 1. The first-order chi connectivity index (χ1) is 27.4. The summed E-state index contributed by atoms with van der Waals surface area (Å²) >= 11 is 0. The Morgan fingerprint density at radius 1 is 0.839 bits per heavy atom. The highest BCUT2D eigenvalue weighted by Crippen LogP contribution is 2.36. The van der Waals surface area contributed by atoms with Gasteiger partial charge in [-0.05, 0) is 67.2 Å². The molecule has 4 N–H and O–H groups in total. The lowest BCUT2D eigenvalue weighted by Crippen LogP contribution is -2.48. The van der Waals surface area contributed by atoms with Gasteiger partial charge in [0.05, 0.1) is 49.1 Å². The van der Waals surface area contributed by atoms with Gasteiger partial charge in [-0.25, -0.2) is 14.8 Å². The second-order valence-electron chi connectivity index (χ2n) is 14.7. The van der Waals surface area contributed by atoms with Gasteiger partial charge in [-0.15, -0.1) is 0 Å². The van der Waals surface area contributed by atoms with E-state index in [9.17, 15) is 19.5 Å². The fourth-order valence-electron chi connectivity index (χ4n) is 8.20. The SMILES string of the molecule is COC(=O)N[C@H]1CCCCOCc2[nH]c(nc2-c2ccc(-c3ccc(-c4cnc([C@@H]5CCCN5C(=O)[C@H](O)c5ccccc5)[nH]4)cc3)cc2)[C@@H]2CCCN2C1=O. The molecule has 0 spiro atoms. The van der Waals surface area contributed by atoms with Crippen LogP contribution in [0.4, 0.5) is 4.79 Å². The topological polar surface area (TPSA) is 166 Å². The van der Waals surface area contributed by atoms with Crippen molar-refractivity contribution in [2.24, 2.45) is 0 Å². The lowest BCUT2D eigenvalue weighted by atomic mass is 10.0. The molecule has 5 heterocycles. The number of carbonyl (C=O) groups is 3. The number of ether oxygens (including phenoxy) is 2. The molecule has 2 bridgehead atoms. The molecule has 0 unspecified atom stereocenters. The highest BCUT2D eigenvalue weighted by Gasteiger charge is 2.38. The monoisotopic (exact) mass is 757 g/mol. The third-order valence-corrected chi connectivity index (χ3v) is 11.2. The molecule has 2 saturated heterocycles. The van der Waals surface area contributed by atoms with E-state index < -0.39 is 18.2 Å². The van der Waals surface area contributed by atoms with Gasteiger partial charge in [-0.2, -0.15) is 0 Å². The Labute approximate surface area is 325 Å². The minimum atomic E-state index is -1.21. The number of hydrogen-bond acceptors (Lipinski definition) is 8. The normalized spacial score (nSPS) is 20.8. The maximum absolute atomic E-state index is 13.7. The van der Waals surface area contributed by atoms with Crippen LogP contribution in [0.1, 0.15) is 86.0 Å². The van der Waals surface area contributed by atoms with Crippen LogP contribution in [0.15, 0.2) is 85.1 Å². The molecule has 0 radical (unpaired) electrons. The summed E-state index contributed by atoms with van der Waals surface area (Å²) in [6.45, 7) is 2.06. The van der Waals surface area contributed by atoms with Crippen molar-refractivity contribution in [1.82, 2.24) is 35.1 Å². The lowest BCUT2D eigenvalue weighted by molar-refractivity contribution is -0.141. The minimum Gasteiger partial charge on any atom is -0.453 e. The summed E-state index contributed by atoms with van der Waals surface area (Å²) < 4.78 is 10.9. The number of aromatic amines is 2. The van der Waals surface area contributed by atoms with Crippen LogP contribution in [0.5, 0.6) is 0 Å². The number of hydrogen-bond donors (Lipinski definition) is 4. The fraction of sp³-hybridized carbons (Fsp3) is 0.372. The number of H-pyrrole nitrogens is 2. The minimum absolute atomic E-state index is 0.117. The Kier molecular flexibility index (Phi) is 11.0. The average molecular weight is 758 g/mol. The molecular weight excluding hydrogens is 711 g/mol. The van der Waals surface area contributed by atoms with Crippen LogP contribution in [0.25, 0.3) is 33.6 Å². The quantitative estimate of drug-likeness (QED) is 0.144. The highest BCUT2D eigenvalue weighted by atomic mass is 16.5. The molecule has 0 aliphatic carbocycles. The second-order valence-corrected chi connectivity index (χ2v) is 14.7. The maximum atomic E-state index is 13.7. The van der Waals surface area contributed by atoms with Gasteiger partial charge in [0.2, 0.25) is 5.91 Å². The number of nitrogens with one attached hydrogen (secondary N) is 3. The van der Waals surface area contributed by atoms with Crippen LogP contribution in [-0.2, 0) is 25.7 Å². The number of aliphatic hydroxyl groups is 1. The number of methoxy groups -OCH3 is 1. The predicted octanol–water partition coefficient (Wildman–Crippen LogP) is 6.62. The summed E-state index contributed by atoms with van der Waals surface area (Å²) in [6, 6.07) is 24.5. The van der Waals surface area contributed by atoms with Crippen LogP contribution in [0, 0.1) is 0 Å². The smallest absolute Gasteiger partial charge is 0.407 e. The predicted molar refractivity (Wildman–Crippen MR) is 209 cm³/mol. The Hall–Kier alpha value is -5.79. The Bertz CT molecular complexity index is 2150. The van der Waals surface area contributed by atoms with E-state index in [1.807, 2.05) is 23.1 Å². The molecule has 2 aromatic heterocycles. The standard InChI is InChI=1S/C43H47N7O6/c1-55-43(54)47-32-11-5-6-24-56-26-34-37(48-40(46-34)36-13-8-22-49(36)41(32)52)30-20-16-28(17-21-30)27-14-18-29(19-15-27)33-25-44-39(45-33)35-12-7-23-50(35)42(53)38(51)31-9-3-2-4-10-31/h2-4,9-10,14-21,25,32,35-36,38,51H,5-8,11-13,22-24,26H2,1H3,(H,44,45)(H,46,48)(H,47,54)/t32-,35-,36-,38+/m0/s1. The maximum Gasteiger partial charge on any atom is 0.407 e. The number of fused-ring (bicyclic) bond motifs is 4. The lowest BCUT2D eigenvalue weighted by Gasteiger charge is -2.28. The summed E-state index contributed by atoms with van der Waals surface area (Å²) in [5.74, 6) is 1.01. The number of aromatic nitrogens is 4. The van der Waals surface area contributed by atoms with Crippen LogP contribution < -0.4 is 5.32 Å². The highest BCUT2D eigenvalue weighted by molar-refractivity contribution is 5.86. The third kappa shape index (κ3) is 7.69. The van der Waals surface area contributed by atoms with Crippen molar-refractivity contribution in [2.75, 3.05) is 26.8 Å². The Morgan fingerprint density at radius 3 is 2.29 bits per heavy atom. The second kappa shape index (κ2) is 16.5. The zero-order valence-electron chi connectivity index (χ0n) is 31.4. The van der Waals surface area contributed by atoms with Gasteiger partial charge in [0.1, 0.15) is 17.7 Å². The van der Waals surface area contributed by atoms with E-state index in [0.29, 0.717) is 44.1 Å². The number of rotatable bonds is 7. The summed E-state index contributed by atoms with van der Waals surface area (Å²) in [5.41, 5.74) is 7.14. The van der Waals surface area contributed by atoms with Gasteiger partial charge in [0, 0.05) is 25.3 Å². The number of aliphatic hydroxyl groups excluding tert-OH is 1. The number of nitrogens with zero attached hydrogens (tertiary/aromatic N) is 4. The molecule has 3 aromatic carbocycles. The van der Waals surface area contributed by atoms with Gasteiger partial charge in [0.25, 0.3) is 5.91 Å². The molecular formula is C43H47N7O6. The van der Waals surface area contributed by atoms with Crippen LogP contribution in [0.2, 0.25) is 0 Å². The third-order valence-electron chi connectivity index (χ3n) is 11.2. The molecule has 3 aliphatic heterocycles. The molecule has 0 saturated carbocycles. The number of benzene rings is 3. The average Bonchev–Trinajstić information content (AvgIpc) is 4.08. The van der Waals surface area contributed by atoms with E-state index in [0.717, 1.165) is 83.7 Å². The van der Waals surface area contributed by atoms with Crippen molar-refractivity contribution in [2.45, 2.75) is 75.8 Å². The molecule has 8 rings (SSSR count). The molecule has 290 valence electrons. The molecule has 3 amide bonds. The van der Waals surface area contributed by atoms with Gasteiger partial charge in [-0.3, -0.25) is 9.59 Å². The van der Waals surface area contributed by atoms with E-state index in [1.165, 1.54) is 7.11 Å².